The maximum absolute atomic E-state index is 12.3. The Hall–Kier alpha value is -3.39. The van der Waals surface area contributed by atoms with Crippen LogP contribution in [0.15, 0.2) is 53.9 Å². The third-order valence-electron chi connectivity index (χ3n) is 4.64. The zero-order chi connectivity index (χ0) is 22.2. The molecule has 0 aliphatic carbocycles. The summed E-state index contributed by atoms with van der Waals surface area (Å²) in [4.78, 5) is 30.3. The molecule has 0 saturated carbocycles. The summed E-state index contributed by atoms with van der Waals surface area (Å²) < 4.78 is 5.14. The van der Waals surface area contributed by atoms with Crippen LogP contribution in [0.25, 0.3) is 11.3 Å². The van der Waals surface area contributed by atoms with Gasteiger partial charge in [-0.3, -0.25) is 4.79 Å². The van der Waals surface area contributed by atoms with Crippen LogP contribution in [-0.4, -0.2) is 49.1 Å². The number of nitrogens with zero attached hydrogens (tertiary/aromatic N) is 2. The largest absolute Gasteiger partial charge is 0.497 e. The molecule has 0 fully saturated rings. The van der Waals surface area contributed by atoms with Gasteiger partial charge in [-0.25, -0.2) is 9.78 Å². The van der Waals surface area contributed by atoms with Crippen LogP contribution >= 0.6 is 11.3 Å². The molecule has 0 radical (unpaired) electrons. The van der Waals surface area contributed by atoms with E-state index in [4.69, 9.17) is 4.74 Å². The summed E-state index contributed by atoms with van der Waals surface area (Å²) in [7, 11) is 3.15. The Morgan fingerprint density at radius 3 is 2.61 bits per heavy atom. The molecule has 2 N–H and O–H groups in total. The van der Waals surface area contributed by atoms with Gasteiger partial charge in [-0.15, -0.1) is 11.3 Å². The summed E-state index contributed by atoms with van der Waals surface area (Å²) in [6.07, 6.45) is 0.700. The molecule has 2 aromatic carbocycles. The Kier molecular flexibility index (Phi) is 7.61. The molecular formula is C23H26N4O3S. The first-order valence-corrected chi connectivity index (χ1v) is 10.8. The second-order valence-electron chi connectivity index (χ2n) is 7.07. The first-order chi connectivity index (χ1) is 14.9. The number of anilines is 1. The Balaban J connectivity index is 1.42. The fraction of sp³-hybridized carbons (Fsp3) is 0.261. The predicted octanol–water partition coefficient (Wildman–Crippen LogP) is 3.95. The highest BCUT2D eigenvalue weighted by molar-refractivity contribution is 7.09. The van der Waals surface area contributed by atoms with Crippen LogP contribution < -0.4 is 15.4 Å². The number of urea groups is 1. The van der Waals surface area contributed by atoms with Crippen LogP contribution in [-0.2, 0) is 11.2 Å². The molecule has 8 heteroatoms. The second-order valence-corrected chi connectivity index (χ2v) is 8.13. The molecule has 1 aromatic heterocycles. The highest BCUT2D eigenvalue weighted by atomic mass is 32.1. The molecule has 0 aliphatic heterocycles. The van der Waals surface area contributed by atoms with E-state index in [9.17, 15) is 9.59 Å². The number of hydrogen-bond donors (Lipinski definition) is 2. The molecule has 0 atom stereocenters. The lowest BCUT2D eigenvalue weighted by Gasteiger charge is -2.17. The highest BCUT2D eigenvalue weighted by Crippen LogP contribution is 2.22. The highest BCUT2D eigenvalue weighted by Gasteiger charge is 2.13. The molecule has 31 heavy (non-hydrogen) atoms. The number of amides is 3. The molecule has 0 unspecified atom stereocenters. The number of methoxy groups -OCH3 is 1. The van der Waals surface area contributed by atoms with E-state index >= 15 is 0 Å². The summed E-state index contributed by atoms with van der Waals surface area (Å²) in [5, 5.41) is 8.69. The minimum atomic E-state index is -0.296. The number of rotatable bonds is 8. The average Bonchev–Trinajstić information content (AvgIpc) is 3.20. The van der Waals surface area contributed by atoms with Gasteiger partial charge < -0.3 is 20.3 Å². The summed E-state index contributed by atoms with van der Waals surface area (Å²) in [6.45, 7) is 2.42. The van der Waals surface area contributed by atoms with E-state index in [1.54, 1.807) is 49.8 Å². The van der Waals surface area contributed by atoms with E-state index in [1.165, 1.54) is 4.90 Å². The second kappa shape index (κ2) is 10.6. The van der Waals surface area contributed by atoms with Gasteiger partial charge in [-0.1, -0.05) is 30.3 Å². The first kappa shape index (κ1) is 22.3. The fourth-order valence-corrected chi connectivity index (χ4v) is 3.60. The number of hydrogen-bond acceptors (Lipinski definition) is 5. The standard InChI is InChI=1S/C23H26N4O3S/c1-16-25-21(15-31-16)18-9-7-17(8-10-18)11-12-24-23(29)27(2)14-22(28)26-19-5-4-6-20(13-19)30-3/h4-10,13,15H,11-12,14H2,1-3H3,(H,24,29)(H,26,28). The van der Waals surface area contributed by atoms with Gasteiger partial charge in [0, 0.05) is 36.3 Å². The monoisotopic (exact) mass is 438 g/mol. The molecule has 162 valence electrons. The van der Waals surface area contributed by atoms with Gasteiger partial charge in [0.15, 0.2) is 0 Å². The minimum absolute atomic E-state index is 0.0508. The van der Waals surface area contributed by atoms with Crippen LogP contribution in [0.4, 0.5) is 10.5 Å². The van der Waals surface area contributed by atoms with Crippen LogP contribution in [0.5, 0.6) is 5.75 Å². The molecule has 1 heterocycles. The molecule has 0 saturated heterocycles. The molecule has 0 spiro atoms. The van der Waals surface area contributed by atoms with Gasteiger partial charge in [-0.05, 0) is 31.0 Å². The number of thiazole rings is 1. The summed E-state index contributed by atoms with van der Waals surface area (Å²) in [5.74, 6) is 0.373. The van der Waals surface area contributed by atoms with Gasteiger partial charge in [-0.2, -0.15) is 0 Å². The number of carbonyl (C=O) groups is 2. The number of likely N-dealkylation sites (N-methyl/N-ethyl adjacent to an activating group) is 1. The average molecular weight is 439 g/mol. The van der Waals surface area contributed by atoms with Crippen LogP contribution in [0.1, 0.15) is 10.6 Å². The van der Waals surface area contributed by atoms with Crippen LogP contribution in [0.2, 0.25) is 0 Å². The number of ether oxygens (including phenoxy) is 1. The van der Waals surface area contributed by atoms with E-state index < -0.39 is 0 Å². The molecular weight excluding hydrogens is 412 g/mol. The quantitative estimate of drug-likeness (QED) is 0.558. The molecule has 3 rings (SSSR count). The lowest BCUT2D eigenvalue weighted by molar-refractivity contribution is -0.116. The fourth-order valence-electron chi connectivity index (χ4n) is 2.98. The van der Waals surface area contributed by atoms with Gasteiger partial charge in [0.1, 0.15) is 12.3 Å². The van der Waals surface area contributed by atoms with Crippen molar-refractivity contribution in [3.63, 3.8) is 0 Å². The minimum Gasteiger partial charge on any atom is -0.497 e. The van der Waals surface area contributed by atoms with Gasteiger partial charge >= 0.3 is 6.03 Å². The predicted molar refractivity (Wildman–Crippen MR) is 124 cm³/mol. The smallest absolute Gasteiger partial charge is 0.317 e. The van der Waals surface area contributed by atoms with E-state index in [0.717, 1.165) is 21.8 Å². The van der Waals surface area contributed by atoms with Crippen molar-refractivity contribution >= 4 is 29.0 Å². The number of benzene rings is 2. The van der Waals surface area contributed by atoms with Crippen molar-refractivity contribution in [2.45, 2.75) is 13.3 Å². The number of aryl methyl sites for hydroxylation is 1. The number of aromatic nitrogens is 1. The van der Waals surface area contributed by atoms with E-state index in [2.05, 4.69) is 15.6 Å². The maximum Gasteiger partial charge on any atom is 0.317 e. The summed E-state index contributed by atoms with van der Waals surface area (Å²) in [6, 6.07) is 14.9. The van der Waals surface area contributed by atoms with Crippen molar-refractivity contribution in [1.82, 2.24) is 15.2 Å². The van der Waals surface area contributed by atoms with Crippen LogP contribution in [0, 0.1) is 6.92 Å². The Bertz CT molecular complexity index is 1030. The van der Waals surface area contributed by atoms with Crippen molar-refractivity contribution in [1.29, 1.82) is 0 Å². The van der Waals surface area contributed by atoms with Crippen molar-refractivity contribution in [2.24, 2.45) is 0 Å². The van der Waals surface area contributed by atoms with E-state index in [-0.39, 0.29) is 18.5 Å². The first-order valence-electron chi connectivity index (χ1n) is 9.89. The van der Waals surface area contributed by atoms with Gasteiger partial charge in [0.2, 0.25) is 5.91 Å². The lowest BCUT2D eigenvalue weighted by atomic mass is 10.1. The normalized spacial score (nSPS) is 10.4. The van der Waals surface area contributed by atoms with Gasteiger partial charge in [0.05, 0.1) is 17.8 Å². The molecule has 0 bridgehead atoms. The van der Waals surface area contributed by atoms with Crippen LogP contribution in [0.3, 0.4) is 0 Å². The lowest BCUT2D eigenvalue weighted by Crippen LogP contribution is -2.42. The summed E-state index contributed by atoms with van der Waals surface area (Å²) >= 11 is 1.63. The van der Waals surface area contributed by atoms with E-state index in [0.29, 0.717) is 24.4 Å². The number of nitrogens with one attached hydrogen (secondary N) is 2. The topological polar surface area (TPSA) is 83.6 Å². The van der Waals surface area contributed by atoms with Crippen molar-refractivity contribution < 1.29 is 14.3 Å². The third-order valence-corrected chi connectivity index (χ3v) is 5.41. The summed E-state index contributed by atoms with van der Waals surface area (Å²) in [5.41, 5.74) is 3.80. The Morgan fingerprint density at radius 1 is 1.16 bits per heavy atom. The Labute approximate surface area is 186 Å². The van der Waals surface area contributed by atoms with Crippen molar-refractivity contribution in [3.8, 4) is 17.0 Å². The molecule has 7 nitrogen and oxygen atoms in total. The van der Waals surface area contributed by atoms with Gasteiger partial charge in [0.25, 0.3) is 0 Å². The Morgan fingerprint density at radius 2 is 1.94 bits per heavy atom. The molecule has 3 aromatic rings. The maximum atomic E-state index is 12.3. The molecule has 0 aliphatic rings. The zero-order valence-electron chi connectivity index (χ0n) is 17.8. The third kappa shape index (κ3) is 6.55. The van der Waals surface area contributed by atoms with E-state index in [1.807, 2.05) is 36.6 Å². The van der Waals surface area contributed by atoms with Crippen molar-refractivity contribution in [3.05, 3.63) is 64.5 Å². The zero-order valence-corrected chi connectivity index (χ0v) is 18.7. The molecule has 3 amide bonds. The van der Waals surface area contributed by atoms with Crippen molar-refractivity contribution in [2.75, 3.05) is 32.6 Å². The SMILES string of the molecule is COc1cccc(NC(=O)CN(C)C(=O)NCCc2ccc(-c3csc(C)n3)cc2)c1. The number of carbonyl (C=O) groups excluding carboxylic acids is 2.